The number of aromatic hydroxyl groups is 4. The van der Waals surface area contributed by atoms with Crippen LogP contribution < -0.4 is 4.74 Å². The Balaban J connectivity index is 1.85. The molecular weight excluding hydrogens is 412 g/mol. The molecule has 5 atom stereocenters. The van der Waals surface area contributed by atoms with Crippen LogP contribution in [0.2, 0.25) is 0 Å². The van der Waals surface area contributed by atoms with Crippen molar-refractivity contribution >= 4 is 11.0 Å². The maximum atomic E-state index is 10.3. The standard InChI is InChI=1S/C21H20O10/c1-8-17(26)18(27)19(28)21(29-8)31-16-7-11-13(24)5-10(22)6-15(11)30-20(16)9-2-3-12(23)14(25)4-9/h2-8,17-19,21,26-28H,1H3,(H3-,22,23,24,25)/p+1/t8-,17-,18+,19+,21+/m1/s1. The molecule has 0 spiro atoms. The van der Waals surface area contributed by atoms with Crippen LogP contribution in [0.4, 0.5) is 0 Å². The summed E-state index contributed by atoms with van der Waals surface area (Å²) in [4.78, 5) is 0. The van der Waals surface area contributed by atoms with E-state index in [2.05, 4.69) is 0 Å². The molecule has 0 amide bonds. The van der Waals surface area contributed by atoms with Gasteiger partial charge in [-0.2, -0.15) is 0 Å². The third-order valence-electron chi connectivity index (χ3n) is 5.11. The third kappa shape index (κ3) is 3.77. The van der Waals surface area contributed by atoms with E-state index in [1.54, 1.807) is 0 Å². The highest BCUT2D eigenvalue weighted by Gasteiger charge is 2.44. The molecule has 164 valence electrons. The predicted molar refractivity (Wildman–Crippen MR) is 106 cm³/mol. The molecule has 1 fully saturated rings. The van der Waals surface area contributed by atoms with Gasteiger partial charge in [0.2, 0.25) is 12.0 Å². The van der Waals surface area contributed by atoms with Crippen LogP contribution >= 0.6 is 0 Å². The zero-order valence-electron chi connectivity index (χ0n) is 16.2. The van der Waals surface area contributed by atoms with Crippen LogP contribution in [-0.2, 0) is 4.74 Å². The van der Waals surface area contributed by atoms with E-state index in [1.807, 2.05) is 0 Å². The lowest BCUT2D eigenvalue weighted by Gasteiger charge is -2.38. The minimum absolute atomic E-state index is 0.0110. The maximum absolute atomic E-state index is 10.3. The lowest BCUT2D eigenvalue weighted by molar-refractivity contribution is -0.268. The first-order valence-corrected chi connectivity index (χ1v) is 9.37. The van der Waals surface area contributed by atoms with Gasteiger partial charge in [0.05, 0.1) is 17.7 Å². The number of aliphatic hydroxyl groups excluding tert-OH is 3. The second-order valence-corrected chi connectivity index (χ2v) is 7.32. The van der Waals surface area contributed by atoms with E-state index in [4.69, 9.17) is 13.9 Å². The van der Waals surface area contributed by atoms with E-state index in [9.17, 15) is 35.7 Å². The highest BCUT2D eigenvalue weighted by molar-refractivity contribution is 5.88. The first kappa shape index (κ1) is 20.9. The molecule has 4 rings (SSSR count). The van der Waals surface area contributed by atoms with Crippen molar-refractivity contribution in [2.45, 2.75) is 37.6 Å². The maximum Gasteiger partial charge on any atom is 0.402 e. The molecule has 2 aromatic carbocycles. The van der Waals surface area contributed by atoms with E-state index in [0.29, 0.717) is 0 Å². The second-order valence-electron chi connectivity index (χ2n) is 7.32. The highest BCUT2D eigenvalue weighted by Crippen LogP contribution is 2.42. The Labute approximate surface area is 175 Å². The number of rotatable bonds is 3. The zero-order valence-corrected chi connectivity index (χ0v) is 16.2. The summed E-state index contributed by atoms with van der Waals surface area (Å²) in [7, 11) is 0. The van der Waals surface area contributed by atoms with Gasteiger partial charge in [-0.15, -0.1) is 0 Å². The Bertz CT molecular complexity index is 1130. The quantitative estimate of drug-likeness (QED) is 0.237. The first-order chi connectivity index (χ1) is 14.7. The van der Waals surface area contributed by atoms with Crippen LogP contribution in [-0.4, -0.2) is 66.5 Å². The molecule has 3 aromatic rings. The Hall–Kier alpha value is -3.31. The van der Waals surface area contributed by atoms with Crippen molar-refractivity contribution in [3.05, 3.63) is 36.4 Å². The Morgan fingerprint density at radius 1 is 0.839 bits per heavy atom. The van der Waals surface area contributed by atoms with E-state index in [-0.39, 0.29) is 45.3 Å². The molecule has 1 saturated heterocycles. The third-order valence-corrected chi connectivity index (χ3v) is 5.11. The fourth-order valence-electron chi connectivity index (χ4n) is 3.37. The lowest BCUT2D eigenvalue weighted by Crippen LogP contribution is -2.58. The van der Waals surface area contributed by atoms with Crippen LogP contribution in [0.25, 0.3) is 22.3 Å². The van der Waals surface area contributed by atoms with E-state index in [0.717, 1.165) is 6.07 Å². The largest absolute Gasteiger partial charge is 0.507 e. The molecule has 7 N–H and O–H groups in total. The van der Waals surface area contributed by atoms with Gasteiger partial charge in [-0.3, -0.25) is 0 Å². The molecule has 31 heavy (non-hydrogen) atoms. The predicted octanol–water partition coefficient (Wildman–Crippen LogP) is 1.41. The molecular formula is C21H21O10+. The van der Waals surface area contributed by atoms with Gasteiger partial charge >= 0.3 is 11.3 Å². The summed E-state index contributed by atoms with van der Waals surface area (Å²) in [5.74, 6) is -1.38. The minimum atomic E-state index is -1.60. The average molecular weight is 433 g/mol. The number of phenolic OH excluding ortho intramolecular Hbond substituents is 4. The van der Waals surface area contributed by atoms with Crippen LogP contribution in [0.15, 0.2) is 40.8 Å². The molecule has 2 heterocycles. The van der Waals surface area contributed by atoms with Gasteiger partial charge < -0.3 is 45.2 Å². The smallest absolute Gasteiger partial charge is 0.402 e. The van der Waals surface area contributed by atoms with Crippen LogP contribution in [0.1, 0.15) is 6.92 Å². The molecule has 0 radical (unpaired) electrons. The summed E-state index contributed by atoms with van der Waals surface area (Å²) in [5.41, 5.74) is 0.343. The van der Waals surface area contributed by atoms with Crippen molar-refractivity contribution in [3.63, 3.8) is 0 Å². The molecule has 0 saturated carbocycles. The Morgan fingerprint density at radius 3 is 2.29 bits per heavy atom. The van der Waals surface area contributed by atoms with Gasteiger partial charge in [0.1, 0.15) is 35.2 Å². The van der Waals surface area contributed by atoms with Crippen LogP contribution in [0, 0.1) is 0 Å². The fourth-order valence-corrected chi connectivity index (χ4v) is 3.37. The van der Waals surface area contributed by atoms with Crippen molar-refractivity contribution in [2.24, 2.45) is 0 Å². The number of hydrogen-bond acceptors (Lipinski definition) is 9. The van der Waals surface area contributed by atoms with Gasteiger partial charge in [0, 0.05) is 18.2 Å². The van der Waals surface area contributed by atoms with Gasteiger partial charge in [-0.25, -0.2) is 4.42 Å². The summed E-state index contributed by atoms with van der Waals surface area (Å²) in [5, 5.41) is 69.8. The number of hydrogen-bond donors (Lipinski definition) is 7. The van der Waals surface area contributed by atoms with Crippen molar-refractivity contribution in [3.8, 4) is 40.1 Å². The van der Waals surface area contributed by atoms with Crippen molar-refractivity contribution in [1.82, 2.24) is 0 Å². The number of fused-ring (bicyclic) bond motifs is 1. The van der Waals surface area contributed by atoms with Crippen LogP contribution in [0.3, 0.4) is 0 Å². The summed E-state index contributed by atoms with van der Waals surface area (Å²) in [6.07, 6.45) is -6.71. The summed E-state index contributed by atoms with van der Waals surface area (Å²) in [6, 6.07) is 7.58. The fraction of sp³-hybridized carbons (Fsp3) is 0.286. The number of ether oxygens (including phenoxy) is 2. The topological polar surface area (TPSA) is 171 Å². The normalized spacial score (nSPS) is 26.1. The molecule has 10 nitrogen and oxygen atoms in total. The average Bonchev–Trinajstić information content (AvgIpc) is 2.72. The summed E-state index contributed by atoms with van der Waals surface area (Å²) < 4.78 is 17.0. The molecule has 1 aliphatic rings. The zero-order chi connectivity index (χ0) is 22.4. The minimum Gasteiger partial charge on any atom is -0.507 e. The molecule has 1 aromatic heterocycles. The molecule has 0 aliphatic carbocycles. The monoisotopic (exact) mass is 433 g/mol. The van der Waals surface area contributed by atoms with E-state index < -0.39 is 36.5 Å². The van der Waals surface area contributed by atoms with Gasteiger partial charge in [0.15, 0.2) is 11.5 Å². The Kier molecular flexibility index (Phi) is 5.23. The first-order valence-electron chi connectivity index (χ1n) is 9.37. The van der Waals surface area contributed by atoms with E-state index >= 15 is 0 Å². The van der Waals surface area contributed by atoms with Gasteiger partial charge in [0.25, 0.3) is 0 Å². The second kappa shape index (κ2) is 7.75. The number of phenols is 4. The highest BCUT2D eigenvalue weighted by atomic mass is 16.7. The number of benzene rings is 2. The van der Waals surface area contributed by atoms with Crippen LogP contribution in [0.5, 0.6) is 28.7 Å². The summed E-state index contributed by atoms with van der Waals surface area (Å²) in [6.45, 7) is 1.49. The molecule has 10 heteroatoms. The van der Waals surface area contributed by atoms with Crippen molar-refractivity contribution in [1.29, 1.82) is 0 Å². The molecule has 0 unspecified atom stereocenters. The summed E-state index contributed by atoms with van der Waals surface area (Å²) >= 11 is 0. The van der Waals surface area contributed by atoms with Gasteiger partial charge in [-0.1, -0.05) is 0 Å². The number of aliphatic hydroxyl groups is 3. The van der Waals surface area contributed by atoms with Gasteiger partial charge in [-0.05, 0) is 19.1 Å². The lowest BCUT2D eigenvalue weighted by atomic mass is 10.00. The molecule has 1 aliphatic heterocycles. The van der Waals surface area contributed by atoms with Crippen molar-refractivity contribution < 1.29 is 49.6 Å². The van der Waals surface area contributed by atoms with Crippen molar-refractivity contribution in [2.75, 3.05) is 0 Å². The molecule has 0 bridgehead atoms. The van der Waals surface area contributed by atoms with E-state index in [1.165, 1.54) is 37.3 Å². The Morgan fingerprint density at radius 2 is 1.58 bits per heavy atom. The SMILES string of the molecule is C[C@H]1O[C@@H](Oc2cc3c(O)cc(O)cc3[o+]c2-c2ccc(O)c(O)c2)[C@@H](O)[C@@H](O)[C@@H]1O.